The van der Waals surface area contributed by atoms with Crippen molar-refractivity contribution in [1.82, 2.24) is 14.5 Å². The van der Waals surface area contributed by atoms with Crippen LogP contribution in [0.4, 0.5) is 0 Å². The van der Waals surface area contributed by atoms with Crippen LogP contribution in [0.5, 0.6) is 0 Å². The number of benzene rings is 1. The van der Waals surface area contributed by atoms with Crippen LogP contribution >= 0.6 is 0 Å². The van der Waals surface area contributed by atoms with E-state index in [0.29, 0.717) is 5.92 Å². The van der Waals surface area contributed by atoms with Gasteiger partial charge < -0.3 is 0 Å². The molecule has 0 spiro atoms. The maximum Gasteiger partial charge on any atom is 0.137 e. The van der Waals surface area contributed by atoms with E-state index in [9.17, 15) is 0 Å². The Balaban J connectivity index is 2.04. The molecule has 22 heavy (non-hydrogen) atoms. The monoisotopic (exact) mass is 287 g/mol. The van der Waals surface area contributed by atoms with Gasteiger partial charge in [-0.3, -0.25) is 9.55 Å². The van der Waals surface area contributed by atoms with Gasteiger partial charge in [-0.15, -0.1) is 0 Å². The molecule has 0 unspecified atom stereocenters. The normalized spacial score (nSPS) is 11.6. The van der Waals surface area contributed by atoms with Gasteiger partial charge in [0.25, 0.3) is 0 Å². The molecule has 0 bridgehead atoms. The van der Waals surface area contributed by atoms with Crippen molar-refractivity contribution in [3.8, 4) is 5.82 Å². The number of aromatic nitrogens is 3. The molecule has 0 atom stereocenters. The van der Waals surface area contributed by atoms with Crippen LogP contribution in [0.2, 0.25) is 0 Å². The minimum Gasteiger partial charge on any atom is -0.292 e. The lowest BCUT2D eigenvalue weighted by Gasteiger charge is -2.09. The van der Waals surface area contributed by atoms with E-state index in [1.54, 1.807) is 0 Å². The molecule has 108 valence electrons. The van der Waals surface area contributed by atoms with Crippen molar-refractivity contribution in [1.29, 1.82) is 0 Å². The highest BCUT2D eigenvalue weighted by Crippen LogP contribution is 2.29. The largest absolute Gasteiger partial charge is 0.292 e. The number of rotatable bonds is 2. The molecule has 0 amide bonds. The predicted molar refractivity (Wildman–Crippen MR) is 90.5 cm³/mol. The minimum absolute atomic E-state index is 0.487. The van der Waals surface area contributed by atoms with Crippen LogP contribution in [-0.2, 0) is 0 Å². The van der Waals surface area contributed by atoms with Crippen LogP contribution < -0.4 is 0 Å². The third-order valence-electron chi connectivity index (χ3n) is 4.09. The van der Waals surface area contributed by atoms with Crippen molar-refractivity contribution < 1.29 is 0 Å². The van der Waals surface area contributed by atoms with Crippen molar-refractivity contribution in [2.45, 2.75) is 19.8 Å². The first kappa shape index (κ1) is 13.0. The number of hydrogen-bond donors (Lipinski definition) is 0. The molecule has 0 aliphatic rings. The molecule has 4 rings (SSSR count). The van der Waals surface area contributed by atoms with Gasteiger partial charge in [-0.05, 0) is 35.7 Å². The highest BCUT2D eigenvalue weighted by molar-refractivity contribution is 6.06. The lowest BCUT2D eigenvalue weighted by molar-refractivity contribution is 0.854. The summed E-state index contributed by atoms with van der Waals surface area (Å²) in [6.07, 6.45) is 3.81. The van der Waals surface area contributed by atoms with Crippen LogP contribution in [0.3, 0.4) is 0 Å². The second-order valence-electron chi connectivity index (χ2n) is 5.83. The van der Waals surface area contributed by atoms with E-state index in [2.05, 4.69) is 70.8 Å². The molecule has 3 heteroatoms. The van der Waals surface area contributed by atoms with Gasteiger partial charge in [0.2, 0.25) is 0 Å². The van der Waals surface area contributed by atoms with Crippen LogP contribution in [0.25, 0.3) is 27.8 Å². The Bertz CT molecular complexity index is 896. The Hall–Kier alpha value is -2.68. The number of pyridine rings is 2. The molecular formula is C19H17N3. The highest BCUT2D eigenvalue weighted by Gasteiger charge is 2.13. The number of hydrogen-bond acceptors (Lipinski definition) is 2. The Labute approximate surface area is 129 Å². The summed E-state index contributed by atoms with van der Waals surface area (Å²) in [5, 5.41) is 1.16. The molecule has 3 heterocycles. The summed E-state index contributed by atoms with van der Waals surface area (Å²) < 4.78 is 2.18. The van der Waals surface area contributed by atoms with Crippen molar-refractivity contribution in [2.75, 3.05) is 0 Å². The third kappa shape index (κ3) is 1.90. The van der Waals surface area contributed by atoms with Crippen LogP contribution in [0, 0.1) is 0 Å². The van der Waals surface area contributed by atoms with Gasteiger partial charge >= 0.3 is 0 Å². The van der Waals surface area contributed by atoms with Crippen LogP contribution in [-0.4, -0.2) is 14.5 Å². The van der Waals surface area contributed by atoms with Gasteiger partial charge in [-0.25, -0.2) is 4.98 Å². The van der Waals surface area contributed by atoms with Crippen LogP contribution in [0.1, 0.15) is 25.3 Å². The molecule has 0 aliphatic heterocycles. The standard InChI is InChI=1S/C19H17N3/c1-13(2)14-9-10-18(21-12-14)22-16-7-4-3-6-15(16)19-17(22)8-5-11-20-19/h3-13H,1-2H3. The lowest BCUT2D eigenvalue weighted by Crippen LogP contribution is -1.98. The van der Waals surface area contributed by atoms with Crippen LogP contribution in [0.15, 0.2) is 60.9 Å². The highest BCUT2D eigenvalue weighted by atomic mass is 15.1. The van der Waals surface area contributed by atoms with E-state index in [-0.39, 0.29) is 0 Å². The zero-order valence-corrected chi connectivity index (χ0v) is 12.7. The number of para-hydroxylation sites is 1. The van der Waals surface area contributed by atoms with Crippen molar-refractivity contribution in [3.05, 3.63) is 66.5 Å². The second-order valence-corrected chi connectivity index (χ2v) is 5.83. The van der Waals surface area contributed by atoms with E-state index >= 15 is 0 Å². The van der Waals surface area contributed by atoms with Gasteiger partial charge in [0.15, 0.2) is 0 Å². The zero-order chi connectivity index (χ0) is 15.1. The molecule has 0 N–H and O–H groups in total. The fourth-order valence-corrected chi connectivity index (χ4v) is 2.90. The molecule has 3 aromatic heterocycles. The third-order valence-corrected chi connectivity index (χ3v) is 4.09. The second kappa shape index (κ2) is 4.95. The molecular weight excluding hydrogens is 270 g/mol. The molecule has 0 aliphatic carbocycles. The SMILES string of the molecule is CC(C)c1ccc(-n2c3ccccc3c3ncccc32)nc1. The summed E-state index contributed by atoms with van der Waals surface area (Å²) in [6, 6.07) is 16.7. The van der Waals surface area contributed by atoms with E-state index < -0.39 is 0 Å². The number of fused-ring (bicyclic) bond motifs is 3. The zero-order valence-electron chi connectivity index (χ0n) is 12.7. The molecule has 0 saturated carbocycles. The Morgan fingerprint density at radius 2 is 1.68 bits per heavy atom. The number of nitrogens with zero attached hydrogens (tertiary/aromatic N) is 3. The van der Waals surface area contributed by atoms with E-state index in [1.807, 2.05) is 18.5 Å². The van der Waals surface area contributed by atoms with Gasteiger partial charge in [-0.1, -0.05) is 38.1 Å². The van der Waals surface area contributed by atoms with Gasteiger partial charge in [0.1, 0.15) is 5.82 Å². The van der Waals surface area contributed by atoms with Gasteiger partial charge in [0, 0.05) is 17.8 Å². The van der Waals surface area contributed by atoms with E-state index in [1.165, 1.54) is 5.56 Å². The van der Waals surface area contributed by atoms with Crippen molar-refractivity contribution in [3.63, 3.8) is 0 Å². The first-order chi connectivity index (χ1) is 10.8. The van der Waals surface area contributed by atoms with E-state index in [0.717, 1.165) is 27.8 Å². The first-order valence-corrected chi connectivity index (χ1v) is 7.56. The quantitative estimate of drug-likeness (QED) is 0.535. The fraction of sp³-hybridized carbons (Fsp3) is 0.158. The summed E-state index contributed by atoms with van der Waals surface area (Å²) in [5.74, 6) is 1.42. The Kier molecular flexibility index (Phi) is 2.93. The average molecular weight is 287 g/mol. The summed E-state index contributed by atoms with van der Waals surface area (Å²) in [4.78, 5) is 9.23. The van der Waals surface area contributed by atoms with E-state index in [4.69, 9.17) is 0 Å². The summed E-state index contributed by atoms with van der Waals surface area (Å²) >= 11 is 0. The predicted octanol–water partition coefficient (Wildman–Crippen LogP) is 4.70. The fourth-order valence-electron chi connectivity index (χ4n) is 2.90. The van der Waals surface area contributed by atoms with Gasteiger partial charge in [0.05, 0.1) is 16.6 Å². The molecule has 3 nitrogen and oxygen atoms in total. The molecule has 0 radical (unpaired) electrons. The summed E-state index contributed by atoms with van der Waals surface area (Å²) in [5.41, 5.74) is 4.50. The summed E-state index contributed by atoms with van der Waals surface area (Å²) in [7, 11) is 0. The minimum atomic E-state index is 0.487. The van der Waals surface area contributed by atoms with Crippen molar-refractivity contribution >= 4 is 21.9 Å². The molecule has 0 fully saturated rings. The maximum atomic E-state index is 4.68. The Morgan fingerprint density at radius 3 is 2.45 bits per heavy atom. The van der Waals surface area contributed by atoms with Gasteiger partial charge in [-0.2, -0.15) is 0 Å². The summed E-state index contributed by atoms with van der Waals surface area (Å²) in [6.45, 7) is 4.36. The smallest absolute Gasteiger partial charge is 0.137 e. The average Bonchev–Trinajstić information content (AvgIpc) is 2.89. The van der Waals surface area contributed by atoms with Crippen molar-refractivity contribution in [2.24, 2.45) is 0 Å². The lowest BCUT2D eigenvalue weighted by atomic mass is 10.1. The molecule has 4 aromatic rings. The molecule has 1 aromatic carbocycles. The maximum absolute atomic E-state index is 4.68. The topological polar surface area (TPSA) is 30.7 Å². The Morgan fingerprint density at radius 1 is 0.864 bits per heavy atom. The first-order valence-electron chi connectivity index (χ1n) is 7.56. The molecule has 0 saturated heterocycles.